The van der Waals surface area contributed by atoms with Crippen molar-refractivity contribution in [1.82, 2.24) is 9.55 Å². The lowest BCUT2D eigenvalue weighted by Crippen LogP contribution is -2.23. The lowest BCUT2D eigenvalue weighted by atomic mass is 9.80. The minimum absolute atomic E-state index is 0.506. The SMILES string of the molecule is Cc1ccc2c(c1)nc(N)n2C1CC(C)CC(C)C1. The lowest BCUT2D eigenvalue weighted by Gasteiger charge is -2.33. The van der Waals surface area contributed by atoms with Gasteiger partial charge in [-0.2, -0.15) is 0 Å². The number of anilines is 1. The number of nitrogen functional groups attached to an aromatic ring is 1. The summed E-state index contributed by atoms with van der Waals surface area (Å²) in [4.78, 5) is 4.54. The lowest BCUT2D eigenvalue weighted by molar-refractivity contribution is 0.226. The molecule has 1 heterocycles. The van der Waals surface area contributed by atoms with Crippen molar-refractivity contribution in [2.24, 2.45) is 11.8 Å². The molecule has 2 N–H and O–H groups in total. The van der Waals surface area contributed by atoms with Crippen molar-refractivity contribution in [2.45, 2.75) is 46.1 Å². The summed E-state index contributed by atoms with van der Waals surface area (Å²) in [5, 5.41) is 0. The average molecular weight is 257 g/mol. The van der Waals surface area contributed by atoms with E-state index in [2.05, 4.69) is 48.5 Å². The van der Waals surface area contributed by atoms with Gasteiger partial charge in [0, 0.05) is 6.04 Å². The molecule has 2 atom stereocenters. The van der Waals surface area contributed by atoms with Crippen LogP contribution in [0.25, 0.3) is 11.0 Å². The average Bonchev–Trinajstić information content (AvgIpc) is 2.62. The molecule has 3 rings (SSSR count). The summed E-state index contributed by atoms with van der Waals surface area (Å²) in [5.41, 5.74) is 9.64. The maximum absolute atomic E-state index is 6.18. The van der Waals surface area contributed by atoms with E-state index >= 15 is 0 Å². The fraction of sp³-hybridized carbons (Fsp3) is 0.562. The molecule has 3 nitrogen and oxygen atoms in total. The summed E-state index contributed by atoms with van der Waals surface area (Å²) in [6, 6.07) is 6.94. The van der Waals surface area contributed by atoms with Gasteiger partial charge in [-0.15, -0.1) is 0 Å². The third-order valence-electron chi connectivity index (χ3n) is 4.39. The molecule has 1 aliphatic carbocycles. The Labute approximate surface area is 114 Å². The van der Waals surface area contributed by atoms with Crippen molar-refractivity contribution in [2.75, 3.05) is 5.73 Å². The molecule has 0 aliphatic heterocycles. The van der Waals surface area contributed by atoms with Crippen LogP contribution in [-0.4, -0.2) is 9.55 Å². The first-order chi connectivity index (χ1) is 9.04. The highest BCUT2D eigenvalue weighted by Crippen LogP contribution is 2.38. The van der Waals surface area contributed by atoms with E-state index in [0.717, 1.165) is 17.4 Å². The van der Waals surface area contributed by atoms with Crippen molar-refractivity contribution < 1.29 is 0 Å². The summed E-state index contributed by atoms with van der Waals surface area (Å²) in [7, 11) is 0. The summed E-state index contributed by atoms with van der Waals surface area (Å²) < 4.78 is 2.26. The smallest absolute Gasteiger partial charge is 0.201 e. The fourth-order valence-electron chi connectivity index (χ4n) is 3.73. The Morgan fingerprint density at radius 1 is 1.16 bits per heavy atom. The van der Waals surface area contributed by atoms with Gasteiger partial charge in [0.1, 0.15) is 0 Å². The van der Waals surface area contributed by atoms with Crippen molar-refractivity contribution in [1.29, 1.82) is 0 Å². The number of nitrogens with zero attached hydrogens (tertiary/aromatic N) is 2. The summed E-state index contributed by atoms with van der Waals surface area (Å²) in [6.45, 7) is 6.80. The Bertz CT molecular complexity index is 589. The highest BCUT2D eigenvalue weighted by Gasteiger charge is 2.27. The van der Waals surface area contributed by atoms with Gasteiger partial charge in [-0.1, -0.05) is 19.9 Å². The van der Waals surface area contributed by atoms with E-state index in [0.29, 0.717) is 12.0 Å². The Hall–Kier alpha value is -1.51. The zero-order valence-electron chi connectivity index (χ0n) is 12.1. The quantitative estimate of drug-likeness (QED) is 0.841. The molecule has 0 bridgehead atoms. The molecular weight excluding hydrogens is 234 g/mol. The van der Waals surface area contributed by atoms with Gasteiger partial charge >= 0.3 is 0 Å². The molecule has 2 aromatic rings. The number of aromatic nitrogens is 2. The normalized spacial score (nSPS) is 27.8. The predicted octanol–water partition coefficient (Wildman–Crippen LogP) is 3.92. The molecule has 0 saturated heterocycles. The molecule has 19 heavy (non-hydrogen) atoms. The van der Waals surface area contributed by atoms with Crippen LogP contribution >= 0.6 is 0 Å². The molecule has 0 radical (unpaired) electrons. The van der Waals surface area contributed by atoms with E-state index < -0.39 is 0 Å². The Morgan fingerprint density at radius 2 is 1.84 bits per heavy atom. The van der Waals surface area contributed by atoms with Crippen molar-refractivity contribution >= 4 is 17.0 Å². The van der Waals surface area contributed by atoms with Gasteiger partial charge in [-0.05, 0) is 55.7 Å². The third kappa shape index (κ3) is 2.22. The molecule has 3 heteroatoms. The zero-order chi connectivity index (χ0) is 13.6. The number of aryl methyl sites for hydroxylation is 1. The molecule has 1 aromatic carbocycles. The number of benzene rings is 1. The van der Waals surface area contributed by atoms with Crippen LogP contribution in [0.3, 0.4) is 0 Å². The van der Waals surface area contributed by atoms with Gasteiger partial charge in [-0.25, -0.2) is 4.98 Å². The van der Waals surface area contributed by atoms with Gasteiger partial charge in [0.05, 0.1) is 11.0 Å². The van der Waals surface area contributed by atoms with E-state index in [4.69, 9.17) is 5.73 Å². The van der Waals surface area contributed by atoms with Gasteiger partial charge in [0.2, 0.25) is 5.95 Å². The Kier molecular flexibility index (Phi) is 3.00. The van der Waals surface area contributed by atoms with E-state index in [1.807, 2.05) is 0 Å². The molecule has 2 unspecified atom stereocenters. The van der Waals surface area contributed by atoms with Crippen LogP contribution in [0, 0.1) is 18.8 Å². The number of nitrogens with two attached hydrogens (primary N) is 1. The largest absolute Gasteiger partial charge is 0.369 e. The van der Waals surface area contributed by atoms with Crippen LogP contribution in [0.4, 0.5) is 5.95 Å². The van der Waals surface area contributed by atoms with Gasteiger partial charge in [0.25, 0.3) is 0 Å². The van der Waals surface area contributed by atoms with Crippen molar-refractivity contribution in [3.05, 3.63) is 23.8 Å². The molecule has 0 amide bonds. The van der Waals surface area contributed by atoms with Crippen LogP contribution in [0.15, 0.2) is 18.2 Å². The summed E-state index contributed by atoms with van der Waals surface area (Å²) in [6.07, 6.45) is 3.77. The molecule has 1 aliphatic rings. The van der Waals surface area contributed by atoms with Crippen LogP contribution in [-0.2, 0) is 0 Å². The van der Waals surface area contributed by atoms with Crippen LogP contribution in [0.5, 0.6) is 0 Å². The first-order valence-corrected chi connectivity index (χ1v) is 7.28. The summed E-state index contributed by atoms with van der Waals surface area (Å²) >= 11 is 0. The zero-order valence-corrected chi connectivity index (χ0v) is 12.1. The first-order valence-electron chi connectivity index (χ1n) is 7.28. The van der Waals surface area contributed by atoms with E-state index in [9.17, 15) is 0 Å². The number of hydrogen-bond donors (Lipinski definition) is 1. The topological polar surface area (TPSA) is 43.8 Å². The number of imidazole rings is 1. The second kappa shape index (κ2) is 4.55. The highest BCUT2D eigenvalue weighted by molar-refractivity contribution is 5.79. The minimum Gasteiger partial charge on any atom is -0.369 e. The molecule has 1 aromatic heterocycles. The van der Waals surface area contributed by atoms with Gasteiger partial charge in [0.15, 0.2) is 0 Å². The van der Waals surface area contributed by atoms with Crippen LogP contribution < -0.4 is 5.73 Å². The molecular formula is C16H23N3. The second-order valence-corrected chi connectivity index (χ2v) is 6.40. The second-order valence-electron chi connectivity index (χ2n) is 6.40. The van der Waals surface area contributed by atoms with Crippen LogP contribution in [0.2, 0.25) is 0 Å². The number of hydrogen-bond acceptors (Lipinski definition) is 2. The Balaban J connectivity index is 2.06. The molecule has 0 spiro atoms. The van der Waals surface area contributed by atoms with Gasteiger partial charge < -0.3 is 10.3 Å². The first kappa shape index (κ1) is 12.5. The molecule has 102 valence electrons. The van der Waals surface area contributed by atoms with Gasteiger partial charge in [-0.3, -0.25) is 0 Å². The standard InChI is InChI=1S/C16H23N3/c1-10-4-5-15-14(9-10)18-16(17)19(15)13-7-11(2)6-12(3)8-13/h4-5,9,11-13H,6-8H2,1-3H3,(H2,17,18). The van der Waals surface area contributed by atoms with E-state index in [1.165, 1.54) is 30.3 Å². The minimum atomic E-state index is 0.506. The molecule has 1 fully saturated rings. The Morgan fingerprint density at radius 3 is 2.53 bits per heavy atom. The summed E-state index contributed by atoms with van der Waals surface area (Å²) in [5.74, 6) is 2.22. The van der Waals surface area contributed by atoms with Crippen molar-refractivity contribution in [3.63, 3.8) is 0 Å². The maximum Gasteiger partial charge on any atom is 0.201 e. The van der Waals surface area contributed by atoms with E-state index in [-0.39, 0.29) is 0 Å². The monoisotopic (exact) mass is 257 g/mol. The highest BCUT2D eigenvalue weighted by atomic mass is 15.2. The maximum atomic E-state index is 6.18. The number of fused-ring (bicyclic) bond motifs is 1. The number of rotatable bonds is 1. The van der Waals surface area contributed by atoms with Crippen LogP contribution in [0.1, 0.15) is 44.7 Å². The predicted molar refractivity (Wildman–Crippen MR) is 80.1 cm³/mol. The molecule has 1 saturated carbocycles. The fourth-order valence-corrected chi connectivity index (χ4v) is 3.73. The van der Waals surface area contributed by atoms with E-state index in [1.54, 1.807) is 0 Å². The third-order valence-corrected chi connectivity index (χ3v) is 4.39. The van der Waals surface area contributed by atoms with Crippen molar-refractivity contribution in [3.8, 4) is 0 Å².